The molecule has 0 saturated carbocycles. The number of nitriles is 1. The second-order valence-electron chi connectivity index (χ2n) is 7.98. The standard InChI is InChI=1S/C27H28N2O3/c1-4-5-6-15-29-26(30)24(20(3)25(17-28)27(29)31)16-21-11-13-23(14-12-21)32-18-22-9-7-19(2)8-10-22/h7-14,16H,4-6,15,18H2,1-3H3/b24-16+. The molecular weight excluding hydrogens is 400 g/mol. The molecule has 0 saturated heterocycles. The highest BCUT2D eigenvalue weighted by molar-refractivity contribution is 6.19. The summed E-state index contributed by atoms with van der Waals surface area (Å²) in [7, 11) is 0. The first-order valence-electron chi connectivity index (χ1n) is 10.9. The molecule has 2 amide bonds. The topological polar surface area (TPSA) is 70.4 Å². The number of unbranched alkanes of at least 4 members (excludes halogenated alkanes) is 2. The zero-order valence-corrected chi connectivity index (χ0v) is 18.9. The van der Waals surface area contributed by atoms with Gasteiger partial charge in [-0.1, -0.05) is 61.7 Å². The van der Waals surface area contributed by atoms with Gasteiger partial charge in [0.1, 0.15) is 24.0 Å². The van der Waals surface area contributed by atoms with Crippen molar-refractivity contribution in [2.45, 2.75) is 46.6 Å². The average Bonchev–Trinajstić information content (AvgIpc) is 2.80. The number of imide groups is 1. The number of ether oxygens (including phenoxy) is 1. The minimum Gasteiger partial charge on any atom is -0.489 e. The first-order valence-corrected chi connectivity index (χ1v) is 10.9. The molecule has 5 heteroatoms. The number of hydrogen-bond acceptors (Lipinski definition) is 4. The Kier molecular flexibility index (Phi) is 7.62. The van der Waals surface area contributed by atoms with E-state index in [0.29, 0.717) is 24.3 Å². The fourth-order valence-electron chi connectivity index (χ4n) is 3.53. The van der Waals surface area contributed by atoms with E-state index in [-0.39, 0.29) is 11.5 Å². The molecule has 32 heavy (non-hydrogen) atoms. The molecule has 5 nitrogen and oxygen atoms in total. The third kappa shape index (κ3) is 5.33. The summed E-state index contributed by atoms with van der Waals surface area (Å²) in [6.07, 6.45) is 4.37. The van der Waals surface area contributed by atoms with Crippen molar-refractivity contribution in [3.05, 3.63) is 81.9 Å². The van der Waals surface area contributed by atoms with E-state index in [1.54, 1.807) is 13.0 Å². The van der Waals surface area contributed by atoms with E-state index in [9.17, 15) is 14.9 Å². The predicted octanol–water partition coefficient (Wildman–Crippen LogP) is 5.36. The average molecular weight is 429 g/mol. The number of amides is 2. The van der Waals surface area contributed by atoms with Crippen LogP contribution in [0.25, 0.3) is 6.08 Å². The Balaban J connectivity index is 1.78. The van der Waals surface area contributed by atoms with Gasteiger partial charge >= 0.3 is 0 Å². The van der Waals surface area contributed by atoms with E-state index in [1.807, 2.05) is 49.4 Å². The fourth-order valence-corrected chi connectivity index (χ4v) is 3.53. The minimum atomic E-state index is -0.497. The predicted molar refractivity (Wildman–Crippen MR) is 124 cm³/mol. The summed E-state index contributed by atoms with van der Waals surface area (Å²) >= 11 is 0. The number of carbonyl (C=O) groups is 2. The minimum absolute atomic E-state index is 0.0328. The van der Waals surface area contributed by atoms with Crippen LogP contribution in [0.5, 0.6) is 5.75 Å². The summed E-state index contributed by atoms with van der Waals surface area (Å²) in [6, 6.07) is 17.6. The van der Waals surface area contributed by atoms with Crippen molar-refractivity contribution < 1.29 is 14.3 Å². The highest BCUT2D eigenvalue weighted by atomic mass is 16.5. The van der Waals surface area contributed by atoms with Crippen LogP contribution in [-0.4, -0.2) is 23.3 Å². The Morgan fingerprint density at radius 2 is 1.66 bits per heavy atom. The maximum absolute atomic E-state index is 13.0. The zero-order chi connectivity index (χ0) is 23.1. The molecule has 0 atom stereocenters. The van der Waals surface area contributed by atoms with Crippen molar-refractivity contribution in [3.63, 3.8) is 0 Å². The molecule has 1 aliphatic heterocycles. The highest BCUT2D eigenvalue weighted by Crippen LogP contribution is 2.28. The summed E-state index contributed by atoms with van der Waals surface area (Å²) < 4.78 is 5.85. The second kappa shape index (κ2) is 10.6. The van der Waals surface area contributed by atoms with Gasteiger partial charge in [-0.3, -0.25) is 14.5 Å². The lowest BCUT2D eigenvalue weighted by molar-refractivity contribution is -0.140. The van der Waals surface area contributed by atoms with Crippen LogP contribution >= 0.6 is 0 Å². The van der Waals surface area contributed by atoms with Crippen LogP contribution < -0.4 is 4.74 Å². The summed E-state index contributed by atoms with van der Waals surface area (Å²) in [5.41, 5.74) is 3.94. The van der Waals surface area contributed by atoms with Gasteiger partial charge in [-0.2, -0.15) is 5.26 Å². The van der Waals surface area contributed by atoms with Gasteiger partial charge in [0.15, 0.2) is 0 Å². The van der Waals surface area contributed by atoms with Crippen molar-refractivity contribution in [1.29, 1.82) is 5.26 Å². The quantitative estimate of drug-likeness (QED) is 0.323. The van der Waals surface area contributed by atoms with E-state index in [1.165, 1.54) is 10.5 Å². The van der Waals surface area contributed by atoms with E-state index in [4.69, 9.17) is 4.74 Å². The molecular formula is C27H28N2O3. The molecule has 0 N–H and O–H groups in total. The van der Waals surface area contributed by atoms with Gasteiger partial charge in [-0.25, -0.2) is 0 Å². The van der Waals surface area contributed by atoms with Gasteiger partial charge < -0.3 is 4.74 Å². The Morgan fingerprint density at radius 3 is 2.28 bits per heavy atom. The van der Waals surface area contributed by atoms with Crippen LogP contribution in [0.15, 0.2) is 65.3 Å². The molecule has 164 valence electrons. The van der Waals surface area contributed by atoms with Crippen molar-refractivity contribution >= 4 is 17.9 Å². The molecule has 0 fully saturated rings. The summed E-state index contributed by atoms with van der Waals surface area (Å²) in [5, 5.41) is 9.49. The van der Waals surface area contributed by atoms with Crippen LogP contribution in [0.4, 0.5) is 0 Å². The summed E-state index contributed by atoms with van der Waals surface area (Å²) in [6.45, 7) is 6.56. The SMILES string of the molecule is CCCCCN1C(=O)C(C#N)=C(C)/C(=C\c2ccc(OCc3ccc(C)cc3)cc2)C1=O. The van der Waals surface area contributed by atoms with Gasteiger partial charge in [-0.15, -0.1) is 0 Å². The third-order valence-corrected chi connectivity index (χ3v) is 5.53. The van der Waals surface area contributed by atoms with Crippen molar-refractivity contribution in [3.8, 4) is 11.8 Å². The lowest BCUT2D eigenvalue weighted by Gasteiger charge is -2.27. The number of aryl methyl sites for hydroxylation is 1. The number of hydrogen-bond donors (Lipinski definition) is 0. The van der Waals surface area contributed by atoms with Gasteiger partial charge in [0, 0.05) is 12.1 Å². The highest BCUT2D eigenvalue weighted by Gasteiger charge is 2.34. The molecule has 1 heterocycles. The molecule has 3 rings (SSSR count). The molecule has 2 aromatic rings. The Labute approximate surface area is 189 Å². The number of carbonyl (C=O) groups excluding carboxylic acids is 2. The van der Waals surface area contributed by atoms with E-state index in [2.05, 4.69) is 19.1 Å². The van der Waals surface area contributed by atoms with Gasteiger partial charge in [-0.05, 0) is 55.2 Å². The fraction of sp³-hybridized carbons (Fsp3) is 0.296. The van der Waals surface area contributed by atoms with Crippen molar-refractivity contribution in [2.24, 2.45) is 0 Å². The lowest BCUT2D eigenvalue weighted by atomic mass is 9.93. The largest absolute Gasteiger partial charge is 0.489 e. The lowest BCUT2D eigenvalue weighted by Crippen LogP contribution is -2.43. The Morgan fingerprint density at radius 1 is 0.969 bits per heavy atom. The molecule has 0 radical (unpaired) electrons. The van der Waals surface area contributed by atoms with E-state index >= 15 is 0 Å². The molecule has 0 spiro atoms. The molecule has 2 aromatic carbocycles. The van der Waals surface area contributed by atoms with Crippen LogP contribution in [0.2, 0.25) is 0 Å². The van der Waals surface area contributed by atoms with E-state index < -0.39 is 5.91 Å². The first kappa shape index (κ1) is 23.0. The maximum Gasteiger partial charge on any atom is 0.271 e. The van der Waals surface area contributed by atoms with Crippen LogP contribution in [-0.2, 0) is 16.2 Å². The number of rotatable bonds is 8. The first-order chi connectivity index (χ1) is 15.4. The van der Waals surface area contributed by atoms with Crippen LogP contribution in [0, 0.1) is 18.3 Å². The van der Waals surface area contributed by atoms with Crippen LogP contribution in [0.3, 0.4) is 0 Å². The molecule has 0 unspecified atom stereocenters. The number of nitrogens with zero attached hydrogens (tertiary/aromatic N) is 2. The van der Waals surface area contributed by atoms with E-state index in [0.717, 1.165) is 36.1 Å². The third-order valence-electron chi connectivity index (χ3n) is 5.53. The van der Waals surface area contributed by atoms with Gasteiger partial charge in [0.05, 0.1) is 0 Å². The molecule has 0 bridgehead atoms. The molecule has 0 aromatic heterocycles. The van der Waals surface area contributed by atoms with Gasteiger partial charge in [0.2, 0.25) is 0 Å². The second-order valence-corrected chi connectivity index (χ2v) is 7.98. The summed E-state index contributed by atoms with van der Waals surface area (Å²) in [4.78, 5) is 26.8. The van der Waals surface area contributed by atoms with Crippen LogP contribution in [0.1, 0.15) is 49.8 Å². The number of benzene rings is 2. The Hall–Kier alpha value is -3.65. The van der Waals surface area contributed by atoms with Crippen molar-refractivity contribution in [1.82, 2.24) is 4.90 Å². The molecule has 0 aliphatic carbocycles. The monoisotopic (exact) mass is 428 g/mol. The van der Waals surface area contributed by atoms with Crippen molar-refractivity contribution in [2.75, 3.05) is 6.54 Å². The summed E-state index contributed by atoms with van der Waals surface area (Å²) in [5.74, 6) is -0.116. The maximum atomic E-state index is 13.0. The Bertz CT molecular complexity index is 1090. The van der Waals surface area contributed by atoms with Gasteiger partial charge in [0.25, 0.3) is 11.8 Å². The molecule has 1 aliphatic rings. The zero-order valence-electron chi connectivity index (χ0n) is 18.9. The normalized spacial score (nSPS) is 15.3. The smallest absolute Gasteiger partial charge is 0.271 e.